The van der Waals surface area contributed by atoms with Crippen molar-refractivity contribution in [1.82, 2.24) is 14.9 Å². The van der Waals surface area contributed by atoms with Gasteiger partial charge >= 0.3 is 0 Å². The highest BCUT2D eigenvalue weighted by Crippen LogP contribution is 2.16. The molecule has 0 fully saturated rings. The molecule has 3 heteroatoms. The molecule has 1 aliphatic heterocycles. The fourth-order valence-electron chi connectivity index (χ4n) is 2.50. The lowest BCUT2D eigenvalue weighted by molar-refractivity contribution is 0.540. The number of nitrogens with one attached hydrogen (secondary N) is 1. The Morgan fingerprint density at radius 3 is 3.00 bits per heavy atom. The van der Waals surface area contributed by atoms with Crippen LogP contribution >= 0.6 is 0 Å². The summed E-state index contributed by atoms with van der Waals surface area (Å²) in [6, 6.07) is 0. The van der Waals surface area contributed by atoms with Crippen molar-refractivity contribution in [1.29, 1.82) is 0 Å². The summed E-state index contributed by atoms with van der Waals surface area (Å²) >= 11 is 0. The molecule has 1 aromatic rings. The molecule has 1 N–H and O–H groups in total. The fourth-order valence-corrected chi connectivity index (χ4v) is 2.50. The predicted octanol–water partition coefficient (Wildman–Crippen LogP) is 2.42. The zero-order valence-corrected chi connectivity index (χ0v) is 10.6. The Kier molecular flexibility index (Phi) is 3.99. The van der Waals surface area contributed by atoms with Crippen molar-refractivity contribution in [2.75, 3.05) is 6.54 Å². The zero-order chi connectivity index (χ0) is 11.4. The Labute approximate surface area is 98.3 Å². The van der Waals surface area contributed by atoms with Gasteiger partial charge in [-0.15, -0.1) is 0 Å². The number of rotatable bonds is 5. The van der Waals surface area contributed by atoms with Gasteiger partial charge in [-0.05, 0) is 13.3 Å². The summed E-state index contributed by atoms with van der Waals surface area (Å²) in [5, 5.41) is 3.38. The van der Waals surface area contributed by atoms with Gasteiger partial charge < -0.3 is 9.88 Å². The molecular formula is C13H23N3. The van der Waals surface area contributed by atoms with Crippen LogP contribution in [0.15, 0.2) is 0 Å². The second-order valence-electron chi connectivity index (χ2n) is 4.69. The molecule has 0 saturated heterocycles. The van der Waals surface area contributed by atoms with Crippen LogP contribution in [-0.4, -0.2) is 16.1 Å². The van der Waals surface area contributed by atoms with Crippen LogP contribution in [-0.2, 0) is 19.5 Å². The number of aryl methyl sites for hydroxylation is 1. The molecular weight excluding hydrogens is 198 g/mol. The highest BCUT2D eigenvalue weighted by Gasteiger charge is 2.16. The Hall–Kier alpha value is -0.830. The largest absolute Gasteiger partial charge is 0.332 e. The molecule has 3 nitrogen and oxygen atoms in total. The van der Waals surface area contributed by atoms with Crippen LogP contribution < -0.4 is 5.32 Å². The smallest absolute Gasteiger partial charge is 0.106 e. The molecule has 2 heterocycles. The SMILES string of the molecule is CCCCCCn1c(C)nc2c1CCNC2. The van der Waals surface area contributed by atoms with E-state index in [1.54, 1.807) is 0 Å². The van der Waals surface area contributed by atoms with E-state index in [2.05, 4.69) is 28.7 Å². The average Bonchev–Trinajstić information content (AvgIpc) is 2.61. The lowest BCUT2D eigenvalue weighted by Crippen LogP contribution is -2.25. The molecule has 0 amide bonds. The number of unbranched alkanes of at least 4 members (excludes halogenated alkanes) is 3. The van der Waals surface area contributed by atoms with Gasteiger partial charge in [0.1, 0.15) is 5.82 Å². The summed E-state index contributed by atoms with van der Waals surface area (Å²) in [6.07, 6.45) is 6.46. The molecule has 0 unspecified atom stereocenters. The standard InChI is InChI=1S/C13H23N3/c1-3-4-5-6-9-16-11(2)15-12-10-14-8-7-13(12)16/h14H,3-10H2,1-2H3. The van der Waals surface area contributed by atoms with Gasteiger partial charge in [0.2, 0.25) is 0 Å². The second kappa shape index (κ2) is 5.48. The third-order valence-electron chi connectivity index (χ3n) is 3.41. The normalized spacial score (nSPS) is 15.1. The summed E-state index contributed by atoms with van der Waals surface area (Å²) in [4.78, 5) is 4.65. The van der Waals surface area contributed by atoms with Gasteiger partial charge in [-0.3, -0.25) is 0 Å². The van der Waals surface area contributed by atoms with E-state index >= 15 is 0 Å². The van der Waals surface area contributed by atoms with E-state index in [1.165, 1.54) is 42.9 Å². The van der Waals surface area contributed by atoms with Crippen molar-refractivity contribution in [3.05, 3.63) is 17.2 Å². The van der Waals surface area contributed by atoms with E-state index in [9.17, 15) is 0 Å². The molecule has 0 bridgehead atoms. The van der Waals surface area contributed by atoms with Gasteiger partial charge in [-0.2, -0.15) is 0 Å². The molecule has 1 aliphatic rings. The summed E-state index contributed by atoms with van der Waals surface area (Å²) in [5.74, 6) is 1.20. The van der Waals surface area contributed by atoms with Crippen LogP contribution in [0.25, 0.3) is 0 Å². The number of nitrogens with zero attached hydrogens (tertiary/aromatic N) is 2. The fraction of sp³-hybridized carbons (Fsp3) is 0.769. The molecule has 0 atom stereocenters. The first-order valence-corrected chi connectivity index (χ1v) is 6.58. The van der Waals surface area contributed by atoms with Crippen LogP contribution in [0.4, 0.5) is 0 Å². The van der Waals surface area contributed by atoms with Crippen molar-refractivity contribution in [3.63, 3.8) is 0 Å². The number of imidazole rings is 1. The number of aromatic nitrogens is 2. The van der Waals surface area contributed by atoms with E-state index in [0.29, 0.717) is 0 Å². The van der Waals surface area contributed by atoms with Crippen molar-refractivity contribution < 1.29 is 0 Å². The van der Waals surface area contributed by atoms with Crippen LogP contribution in [0, 0.1) is 6.92 Å². The number of fused-ring (bicyclic) bond motifs is 1. The Balaban J connectivity index is 1.99. The van der Waals surface area contributed by atoms with E-state index < -0.39 is 0 Å². The van der Waals surface area contributed by atoms with Gasteiger partial charge in [-0.25, -0.2) is 4.98 Å². The molecule has 0 saturated carbocycles. The van der Waals surface area contributed by atoms with Crippen molar-refractivity contribution in [2.45, 2.75) is 59.0 Å². The van der Waals surface area contributed by atoms with Gasteiger partial charge in [0, 0.05) is 31.7 Å². The molecule has 0 aromatic carbocycles. The number of hydrogen-bond acceptors (Lipinski definition) is 2. The van der Waals surface area contributed by atoms with Gasteiger partial charge in [0.05, 0.1) is 5.69 Å². The lowest BCUT2D eigenvalue weighted by atomic mass is 10.1. The maximum atomic E-state index is 4.65. The third kappa shape index (κ3) is 2.46. The molecule has 90 valence electrons. The maximum absolute atomic E-state index is 4.65. The highest BCUT2D eigenvalue weighted by molar-refractivity contribution is 5.19. The minimum atomic E-state index is 0.956. The van der Waals surface area contributed by atoms with Crippen molar-refractivity contribution >= 4 is 0 Å². The van der Waals surface area contributed by atoms with Crippen LogP contribution in [0.5, 0.6) is 0 Å². The van der Waals surface area contributed by atoms with Crippen molar-refractivity contribution in [3.8, 4) is 0 Å². The number of hydrogen-bond donors (Lipinski definition) is 1. The molecule has 1 aromatic heterocycles. The summed E-state index contributed by atoms with van der Waals surface area (Å²) in [6.45, 7) is 7.62. The Bertz CT molecular complexity index is 341. The predicted molar refractivity (Wildman–Crippen MR) is 66.5 cm³/mol. The molecule has 0 spiro atoms. The average molecular weight is 221 g/mol. The molecule has 16 heavy (non-hydrogen) atoms. The zero-order valence-electron chi connectivity index (χ0n) is 10.6. The van der Waals surface area contributed by atoms with E-state index in [4.69, 9.17) is 0 Å². The van der Waals surface area contributed by atoms with Crippen LogP contribution in [0.1, 0.15) is 49.8 Å². The molecule has 0 aliphatic carbocycles. The van der Waals surface area contributed by atoms with Crippen LogP contribution in [0.3, 0.4) is 0 Å². The van der Waals surface area contributed by atoms with E-state index in [1.807, 2.05) is 0 Å². The molecule has 2 rings (SSSR count). The van der Waals surface area contributed by atoms with Gasteiger partial charge in [-0.1, -0.05) is 26.2 Å². The minimum absolute atomic E-state index is 0.956. The topological polar surface area (TPSA) is 29.9 Å². The van der Waals surface area contributed by atoms with Gasteiger partial charge in [0.25, 0.3) is 0 Å². The summed E-state index contributed by atoms with van der Waals surface area (Å²) in [5.41, 5.74) is 2.76. The Morgan fingerprint density at radius 1 is 1.31 bits per heavy atom. The van der Waals surface area contributed by atoms with Crippen LogP contribution in [0.2, 0.25) is 0 Å². The monoisotopic (exact) mass is 221 g/mol. The summed E-state index contributed by atoms with van der Waals surface area (Å²) in [7, 11) is 0. The minimum Gasteiger partial charge on any atom is -0.332 e. The lowest BCUT2D eigenvalue weighted by Gasteiger charge is -2.15. The first kappa shape index (κ1) is 11.6. The second-order valence-corrected chi connectivity index (χ2v) is 4.69. The van der Waals surface area contributed by atoms with E-state index in [0.717, 1.165) is 26.1 Å². The Morgan fingerprint density at radius 2 is 2.19 bits per heavy atom. The maximum Gasteiger partial charge on any atom is 0.106 e. The first-order chi connectivity index (χ1) is 7.83. The van der Waals surface area contributed by atoms with Crippen molar-refractivity contribution in [2.24, 2.45) is 0 Å². The highest BCUT2D eigenvalue weighted by atomic mass is 15.1. The van der Waals surface area contributed by atoms with Gasteiger partial charge in [0.15, 0.2) is 0 Å². The molecule has 0 radical (unpaired) electrons. The quantitative estimate of drug-likeness (QED) is 0.774. The third-order valence-corrected chi connectivity index (χ3v) is 3.41. The van der Waals surface area contributed by atoms with E-state index in [-0.39, 0.29) is 0 Å². The first-order valence-electron chi connectivity index (χ1n) is 6.58. The summed E-state index contributed by atoms with van der Waals surface area (Å²) < 4.78 is 2.44.